The van der Waals surface area contributed by atoms with Gasteiger partial charge in [-0.2, -0.15) is 0 Å². The van der Waals surface area contributed by atoms with Gasteiger partial charge in [0.15, 0.2) is 6.61 Å². The third-order valence-corrected chi connectivity index (χ3v) is 4.87. The summed E-state index contributed by atoms with van der Waals surface area (Å²) in [5, 5.41) is 5.21. The molecule has 158 valence electrons. The van der Waals surface area contributed by atoms with Crippen molar-refractivity contribution in [2.45, 2.75) is 32.6 Å². The number of imide groups is 1. The van der Waals surface area contributed by atoms with E-state index in [1.54, 1.807) is 29.2 Å². The average Bonchev–Trinajstić information content (AvgIpc) is 2.72. The zero-order valence-electron chi connectivity index (χ0n) is 16.4. The largest absolute Gasteiger partial charge is 0.455 e. The van der Waals surface area contributed by atoms with Gasteiger partial charge in [0.1, 0.15) is 0 Å². The molecular formula is C20H26ClN3O5. The summed E-state index contributed by atoms with van der Waals surface area (Å²) in [7, 11) is 0. The molecule has 4 amide bonds. The Morgan fingerprint density at radius 1 is 1.14 bits per heavy atom. The second-order valence-corrected chi connectivity index (χ2v) is 7.28. The molecule has 2 rings (SSSR count). The molecule has 0 unspecified atom stereocenters. The second-order valence-electron chi connectivity index (χ2n) is 6.84. The van der Waals surface area contributed by atoms with E-state index in [1.807, 2.05) is 6.92 Å². The molecule has 1 aliphatic heterocycles. The van der Waals surface area contributed by atoms with E-state index in [1.165, 1.54) is 0 Å². The minimum Gasteiger partial charge on any atom is -0.455 e. The SMILES string of the molecule is CCCCNC(=O)NC(=O)COC(=O)C1CCN(C(=O)c2ccc(Cl)cc2)CC1. The molecule has 8 nitrogen and oxygen atoms in total. The molecule has 0 atom stereocenters. The maximum absolute atomic E-state index is 12.5. The van der Waals surface area contributed by atoms with Gasteiger partial charge in [0.2, 0.25) is 0 Å². The fourth-order valence-corrected chi connectivity index (χ4v) is 3.06. The van der Waals surface area contributed by atoms with E-state index in [2.05, 4.69) is 10.6 Å². The third kappa shape index (κ3) is 7.38. The van der Waals surface area contributed by atoms with Crippen molar-refractivity contribution in [2.75, 3.05) is 26.2 Å². The van der Waals surface area contributed by atoms with Gasteiger partial charge in [-0.15, -0.1) is 0 Å². The van der Waals surface area contributed by atoms with E-state index in [0.29, 0.717) is 43.1 Å². The Labute approximate surface area is 174 Å². The van der Waals surface area contributed by atoms with Crippen LogP contribution in [0.4, 0.5) is 4.79 Å². The first-order valence-corrected chi connectivity index (χ1v) is 10.1. The lowest BCUT2D eigenvalue weighted by atomic mass is 9.96. The molecule has 2 N–H and O–H groups in total. The first-order valence-electron chi connectivity index (χ1n) is 9.70. The molecule has 1 saturated heterocycles. The van der Waals surface area contributed by atoms with Crippen molar-refractivity contribution in [1.82, 2.24) is 15.5 Å². The molecule has 0 radical (unpaired) electrons. The van der Waals surface area contributed by atoms with E-state index in [4.69, 9.17) is 16.3 Å². The van der Waals surface area contributed by atoms with Gasteiger partial charge in [-0.05, 0) is 43.5 Å². The zero-order chi connectivity index (χ0) is 21.2. The van der Waals surface area contributed by atoms with Crippen molar-refractivity contribution in [3.8, 4) is 0 Å². The summed E-state index contributed by atoms with van der Waals surface area (Å²) >= 11 is 5.84. The summed E-state index contributed by atoms with van der Waals surface area (Å²) in [6, 6.07) is 6.06. The van der Waals surface area contributed by atoms with E-state index in [9.17, 15) is 19.2 Å². The van der Waals surface area contributed by atoms with Crippen LogP contribution < -0.4 is 10.6 Å². The smallest absolute Gasteiger partial charge is 0.321 e. The summed E-state index contributed by atoms with van der Waals surface area (Å²) < 4.78 is 5.01. The van der Waals surface area contributed by atoms with E-state index in [0.717, 1.165) is 12.8 Å². The summed E-state index contributed by atoms with van der Waals surface area (Å²) in [5.74, 6) is -1.66. The zero-order valence-corrected chi connectivity index (χ0v) is 17.2. The van der Waals surface area contributed by atoms with E-state index >= 15 is 0 Å². The van der Waals surface area contributed by atoms with Crippen LogP contribution in [0.25, 0.3) is 0 Å². The lowest BCUT2D eigenvalue weighted by molar-refractivity contribution is -0.153. The number of hydrogen-bond acceptors (Lipinski definition) is 5. The van der Waals surface area contributed by atoms with Crippen LogP contribution >= 0.6 is 11.6 Å². The molecule has 0 aliphatic carbocycles. The minimum absolute atomic E-state index is 0.109. The van der Waals surface area contributed by atoms with Crippen LogP contribution in [-0.2, 0) is 14.3 Å². The van der Waals surface area contributed by atoms with Crippen LogP contribution in [0.2, 0.25) is 5.02 Å². The first kappa shape index (κ1) is 22.7. The van der Waals surface area contributed by atoms with Gasteiger partial charge in [0.25, 0.3) is 11.8 Å². The molecule has 1 fully saturated rings. The van der Waals surface area contributed by atoms with Crippen molar-refractivity contribution in [3.63, 3.8) is 0 Å². The highest BCUT2D eigenvalue weighted by atomic mass is 35.5. The van der Waals surface area contributed by atoms with Crippen LogP contribution in [0.5, 0.6) is 0 Å². The number of carbonyl (C=O) groups excluding carboxylic acids is 4. The number of carbonyl (C=O) groups is 4. The van der Waals surface area contributed by atoms with Crippen molar-refractivity contribution in [2.24, 2.45) is 5.92 Å². The number of hydrogen-bond donors (Lipinski definition) is 2. The predicted octanol–water partition coefficient (Wildman–Crippen LogP) is 2.36. The number of halogens is 1. The first-order chi connectivity index (χ1) is 13.9. The number of piperidine rings is 1. The van der Waals surface area contributed by atoms with Gasteiger partial charge in [0.05, 0.1) is 5.92 Å². The highest BCUT2D eigenvalue weighted by molar-refractivity contribution is 6.30. The molecule has 9 heteroatoms. The van der Waals surface area contributed by atoms with Gasteiger partial charge in [-0.1, -0.05) is 24.9 Å². The maximum atomic E-state index is 12.5. The van der Waals surface area contributed by atoms with Crippen molar-refractivity contribution < 1.29 is 23.9 Å². The van der Waals surface area contributed by atoms with Crippen LogP contribution in [0.3, 0.4) is 0 Å². The lowest BCUT2D eigenvalue weighted by Gasteiger charge is -2.31. The molecule has 0 saturated carbocycles. The van der Waals surface area contributed by atoms with Crippen molar-refractivity contribution in [1.29, 1.82) is 0 Å². The molecule has 1 aromatic rings. The Morgan fingerprint density at radius 2 is 1.79 bits per heavy atom. The van der Waals surface area contributed by atoms with Gasteiger partial charge in [-0.3, -0.25) is 19.7 Å². The monoisotopic (exact) mass is 423 g/mol. The summed E-state index contributed by atoms with van der Waals surface area (Å²) in [6.45, 7) is 2.80. The normalized spacial score (nSPS) is 14.2. The van der Waals surface area contributed by atoms with E-state index < -0.39 is 24.5 Å². The molecule has 1 aliphatic rings. The fourth-order valence-electron chi connectivity index (χ4n) is 2.93. The Hall–Kier alpha value is -2.61. The van der Waals surface area contributed by atoms with Crippen molar-refractivity contribution in [3.05, 3.63) is 34.9 Å². The molecule has 29 heavy (non-hydrogen) atoms. The highest BCUT2D eigenvalue weighted by Gasteiger charge is 2.29. The lowest BCUT2D eigenvalue weighted by Crippen LogP contribution is -2.43. The molecule has 0 aromatic heterocycles. The van der Waals surface area contributed by atoms with Crippen LogP contribution in [0, 0.1) is 5.92 Å². The molecule has 1 aromatic carbocycles. The van der Waals surface area contributed by atoms with E-state index in [-0.39, 0.29) is 11.8 Å². The highest BCUT2D eigenvalue weighted by Crippen LogP contribution is 2.21. The number of nitrogens with one attached hydrogen (secondary N) is 2. The van der Waals surface area contributed by atoms with Crippen LogP contribution in [0.15, 0.2) is 24.3 Å². The van der Waals surface area contributed by atoms with Crippen LogP contribution in [0.1, 0.15) is 43.0 Å². The number of rotatable bonds is 7. The van der Waals surface area contributed by atoms with Gasteiger partial charge >= 0.3 is 12.0 Å². The van der Waals surface area contributed by atoms with Crippen LogP contribution in [-0.4, -0.2) is 55.0 Å². The number of unbranched alkanes of at least 4 members (excludes halogenated alkanes) is 1. The fraction of sp³-hybridized carbons (Fsp3) is 0.500. The number of ether oxygens (including phenoxy) is 1. The molecule has 0 bridgehead atoms. The number of urea groups is 1. The Morgan fingerprint density at radius 3 is 2.41 bits per heavy atom. The van der Waals surface area contributed by atoms with Gasteiger partial charge in [-0.25, -0.2) is 4.79 Å². The Balaban J connectivity index is 1.70. The number of nitrogens with zero attached hydrogens (tertiary/aromatic N) is 1. The molecule has 1 heterocycles. The third-order valence-electron chi connectivity index (χ3n) is 4.62. The van der Waals surface area contributed by atoms with Gasteiger partial charge < -0.3 is 15.0 Å². The second kappa shape index (κ2) is 11.4. The number of benzene rings is 1. The maximum Gasteiger partial charge on any atom is 0.321 e. The quantitative estimate of drug-likeness (QED) is 0.517. The average molecular weight is 424 g/mol. The number of likely N-dealkylation sites (tertiary alicyclic amines) is 1. The topological polar surface area (TPSA) is 105 Å². The van der Waals surface area contributed by atoms with Crippen molar-refractivity contribution >= 4 is 35.4 Å². The summed E-state index contributed by atoms with van der Waals surface area (Å²) in [4.78, 5) is 49.5. The Bertz CT molecular complexity index is 730. The number of esters is 1. The number of amides is 4. The summed E-state index contributed by atoms with van der Waals surface area (Å²) in [6.07, 6.45) is 2.65. The molecular weight excluding hydrogens is 398 g/mol. The summed E-state index contributed by atoms with van der Waals surface area (Å²) in [5.41, 5.74) is 0.546. The minimum atomic E-state index is -0.678. The predicted molar refractivity (Wildman–Crippen MR) is 107 cm³/mol. The van der Waals surface area contributed by atoms with Gasteiger partial charge in [0, 0.05) is 30.2 Å². The molecule has 0 spiro atoms. The standard InChI is InChI=1S/C20H26ClN3O5/c1-2-3-10-22-20(28)23-17(25)13-29-19(27)15-8-11-24(12-9-15)18(26)14-4-6-16(21)7-5-14/h4-7,15H,2-3,8-13H2,1H3,(H2,22,23,25,28). The Kier molecular flexibility index (Phi) is 8.92.